The van der Waals surface area contributed by atoms with Crippen LogP contribution in [0.15, 0.2) is 85.0 Å². The predicted octanol–water partition coefficient (Wildman–Crippen LogP) is 4.25. The second-order valence-corrected chi connectivity index (χ2v) is 7.38. The molecule has 0 aliphatic heterocycles. The van der Waals surface area contributed by atoms with Gasteiger partial charge in [0.25, 0.3) is 0 Å². The van der Waals surface area contributed by atoms with E-state index in [1.807, 2.05) is 0 Å². The van der Waals surface area contributed by atoms with Crippen LogP contribution in [0.1, 0.15) is 6.42 Å². The van der Waals surface area contributed by atoms with Gasteiger partial charge in [-0.1, -0.05) is 85.0 Å². The lowest BCUT2D eigenvalue weighted by molar-refractivity contribution is 0.791. The van der Waals surface area contributed by atoms with Gasteiger partial charge in [0.2, 0.25) is 0 Å². The minimum Gasteiger partial charge on any atom is -0.0776 e. The Kier molecular flexibility index (Phi) is 4.46. The van der Waals surface area contributed by atoms with Gasteiger partial charge in [-0.2, -0.15) is 0 Å². The van der Waals surface area contributed by atoms with Gasteiger partial charge < -0.3 is 0 Å². The summed E-state index contributed by atoms with van der Waals surface area (Å²) in [6.45, 7) is 0. The van der Waals surface area contributed by atoms with E-state index in [-0.39, 0.29) is 7.92 Å². The maximum Gasteiger partial charge on any atom is -0.00437 e. The topological polar surface area (TPSA) is 0 Å². The zero-order valence-corrected chi connectivity index (χ0v) is 12.4. The molecule has 0 bridgehead atoms. The van der Waals surface area contributed by atoms with Crippen molar-refractivity contribution < 1.29 is 0 Å². The highest BCUT2D eigenvalue weighted by molar-refractivity contribution is 7.73. The van der Waals surface area contributed by atoms with E-state index < -0.39 is 0 Å². The zero-order chi connectivity index (χ0) is 13.6. The molecule has 0 saturated carbocycles. The van der Waals surface area contributed by atoms with Crippen LogP contribution in [0, 0.1) is 5.92 Å². The van der Waals surface area contributed by atoms with Crippen LogP contribution in [0.25, 0.3) is 0 Å². The number of allylic oxidation sites excluding steroid dienone is 4. The van der Waals surface area contributed by atoms with Crippen molar-refractivity contribution in [3.05, 3.63) is 85.0 Å². The molecule has 2 aromatic rings. The Hall–Kier alpha value is -1.65. The third kappa shape index (κ3) is 3.26. The van der Waals surface area contributed by atoms with Gasteiger partial charge in [0, 0.05) is 0 Å². The molecule has 1 heteroatoms. The maximum atomic E-state index is 2.31. The van der Waals surface area contributed by atoms with Crippen molar-refractivity contribution in [2.75, 3.05) is 6.16 Å². The summed E-state index contributed by atoms with van der Waals surface area (Å²) in [5, 5.41) is 2.97. The number of benzene rings is 2. The van der Waals surface area contributed by atoms with Gasteiger partial charge in [0.05, 0.1) is 0 Å². The summed E-state index contributed by atoms with van der Waals surface area (Å²) in [5.74, 6) is 0.632. The lowest BCUT2D eigenvalue weighted by Gasteiger charge is -2.19. The van der Waals surface area contributed by atoms with E-state index in [9.17, 15) is 0 Å². The summed E-state index contributed by atoms with van der Waals surface area (Å²) < 4.78 is 0. The van der Waals surface area contributed by atoms with Crippen LogP contribution in [0.3, 0.4) is 0 Å². The van der Waals surface area contributed by atoms with Gasteiger partial charge in [-0.25, -0.2) is 0 Å². The fraction of sp³-hybridized carbons (Fsp3) is 0.158. The van der Waals surface area contributed by atoms with E-state index in [4.69, 9.17) is 0 Å². The van der Waals surface area contributed by atoms with E-state index in [0.717, 1.165) is 0 Å². The van der Waals surface area contributed by atoms with Gasteiger partial charge in [0.15, 0.2) is 0 Å². The predicted molar refractivity (Wildman–Crippen MR) is 90.3 cm³/mol. The molecular formula is C19H19P. The van der Waals surface area contributed by atoms with Crippen molar-refractivity contribution in [2.24, 2.45) is 5.92 Å². The normalized spacial score (nSPS) is 14.2. The molecule has 1 aliphatic carbocycles. The van der Waals surface area contributed by atoms with Crippen LogP contribution in [0.5, 0.6) is 0 Å². The molecule has 0 spiro atoms. The van der Waals surface area contributed by atoms with Crippen molar-refractivity contribution in [1.82, 2.24) is 0 Å². The van der Waals surface area contributed by atoms with Gasteiger partial charge in [-0.15, -0.1) is 0 Å². The second-order valence-electron chi connectivity index (χ2n) is 5.05. The Bertz CT molecular complexity index is 532. The fourth-order valence-corrected chi connectivity index (χ4v) is 5.01. The molecule has 0 radical (unpaired) electrons. The molecule has 0 saturated heterocycles. The first-order valence-corrected chi connectivity index (χ1v) is 8.69. The molecule has 0 amide bonds. The minimum atomic E-state index is -0.235. The van der Waals surface area contributed by atoms with Crippen molar-refractivity contribution in [3.8, 4) is 0 Å². The van der Waals surface area contributed by atoms with Crippen LogP contribution in [-0.4, -0.2) is 6.16 Å². The first kappa shape index (κ1) is 13.3. The summed E-state index contributed by atoms with van der Waals surface area (Å²) in [6, 6.07) is 21.9. The molecule has 0 N–H and O–H groups in total. The molecule has 0 unspecified atom stereocenters. The molecule has 3 rings (SSSR count). The highest BCUT2D eigenvalue weighted by Gasteiger charge is 2.15. The van der Waals surface area contributed by atoms with Crippen LogP contribution < -0.4 is 10.6 Å². The Morgan fingerprint density at radius 1 is 0.700 bits per heavy atom. The molecule has 0 atom stereocenters. The molecule has 100 valence electrons. The largest absolute Gasteiger partial charge is 0.0776 e. The maximum absolute atomic E-state index is 2.31. The number of hydrogen-bond acceptors (Lipinski definition) is 0. The summed E-state index contributed by atoms with van der Waals surface area (Å²) >= 11 is 0. The van der Waals surface area contributed by atoms with Crippen LogP contribution in [-0.2, 0) is 0 Å². The van der Waals surface area contributed by atoms with Crippen molar-refractivity contribution in [2.45, 2.75) is 6.42 Å². The van der Waals surface area contributed by atoms with Gasteiger partial charge in [-0.05, 0) is 37.0 Å². The second kappa shape index (κ2) is 6.68. The average molecular weight is 278 g/mol. The standard InChI is InChI=1S/C19H19P/c1-3-11-18(12-4-1)20(19-13-5-2-6-14-19)16-15-17-9-7-8-10-17/h1-14,17H,15-16H2. The average Bonchev–Trinajstić information content (AvgIpc) is 3.03. The van der Waals surface area contributed by atoms with Gasteiger partial charge in [-0.3, -0.25) is 0 Å². The van der Waals surface area contributed by atoms with Crippen LogP contribution in [0.4, 0.5) is 0 Å². The van der Waals surface area contributed by atoms with Gasteiger partial charge >= 0.3 is 0 Å². The first-order chi connectivity index (χ1) is 9.93. The highest BCUT2D eigenvalue weighted by atomic mass is 31.1. The van der Waals surface area contributed by atoms with Crippen molar-refractivity contribution in [3.63, 3.8) is 0 Å². The van der Waals surface area contributed by atoms with Crippen LogP contribution in [0.2, 0.25) is 0 Å². The van der Waals surface area contributed by atoms with Crippen molar-refractivity contribution in [1.29, 1.82) is 0 Å². The SMILES string of the molecule is C1=CC(CCP(c2ccccc2)c2ccccc2)C=C1. The van der Waals surface area contributed by atoms with E-state index in [1.165, 1.54) is 23.2 Å². The van der Waals surface area contributed by atoms with E-state index in [1.54, 1.807) is 0 Å². The molecule has 0 heterocycles. The molecule has 1 aliphatic rings. The smallest absolute Gasteiger partial charge is 0.00437 e. The fourth-order valence-electron chi connectivity index (χ4n) is 2.57. The summed E-state index contributed by atoms with van der Waals surface area (Å²) in [7, 11) is -0.235. The minimum absolute atomic E-state index is 0.235. The molecular weight excluding hydrogens is 259 g/mol. The number of hydrogen-bond donors (Lipinski definition) is 0. The molecule has 2 aromatic carbocycles. The zero-order valence-electron chi connectivity index (χ0n) is 11.5. The van der Waals surface area contributed by atoms with Crippen molar-refractivity contribution >= 4 is 18.5 Å². The lowest BCUT2D eigenvalue weighted by atomic mass is 10.1. The summed E-state index contributed by atoms with van der Waals surface area (Å²) in [4.78, 5) is 0. The first-order valence-electron chi connectivity index (χ1n) is 7.16. The summed E-state index contributed by atoms with van der Waals surface area (Å²) in [5.41, 5.74) is 0. The summed E-state index contributed by atoms with van der Waals surface area (Å²) in [6.07, 6.45) is 11.4. The third-order valence-corrected chi connectivity index (χ3v) is 6.20. The Morgan fingerprint density at radius 3 is 1.70 bits per heavy atom. The monoisotopic (exact) mass is 278 g/mol. The third-order valence-electron chi connectivity index (χ3n) is 3.65. The Labute approximate surface area is 122 Å². The number of rotatable bonds is 5. The van der Waals surface area contributed by atoms with Gasteiger partial charge in [0.1, 0.15) is 0 Å². The quantitative estimate of drug-likeness (QED) is 0.717. The van der Waals surface area contributed by atoms with Crippen LogP contribution >= 0.6 is 7.92 Å². The lowest BCUT2D eigenvalue weighted by Crippen LogP contribution is -2.14. The van der Waals surface area contributed by atoms with E-state index >= 15 is 0 Å². The van der Waals surface area contributed by atoms with E-state index in [0.29, 0.717) is 5.92 Å². The molecule has 20 heavy (non-hydrogen) atoms. The molecule has 0 nitrogen and oxygen atoms in total. The molecule has 0 aromatic heterocycles. The molecule has 0 fully saturated rings. The Balaban J connectivity index is 1.80. The highest BCUT2D eigenvalue weighted by Crippen LogP contribution is 2.35. The Morgan fingerprint density at radius 2 is 1.20 bits per heavy atom. The van der Waals surface area contributed by atoms with E-state index in [2.05, 4.69) is 85.0 Å².